The van der Waals surface area contributed by atoms with Crippen molar-refractivity contribution in [2.45, 2.75) is 50.6 Å². The third kappa shape index (κ3) is 3.68. The normalized spacial score (nSPS) is 16.3. The van der Waals surface area contributed by atoms with E-state index in [1.807, 2.05) is 0 Å². The number of hydrogen-bond donors (Lipinski definition) is 1. The van der Waals surface area contributed by atoms with Gasteiger partial charge in [0.1, 0.15) is 17.6 Å². The lowest BCUT2D eigenvalue weighted by molar-refractivity contribution is -0.137. The van der Waals surface area contributed by atoms with Gasteiger partial charge in [-0.2, -0.15) is 18.4 Å². The number of aryl methyl sites for hydroxylation is 1. The zero-order valence-corrected chi connectivity index (χ0v) is 17.5. The zero-order valence-electron chi connectivity index (χ0n) is 16.7. The number of nitrogens with two attached hydrogens (primary N) is 1. The number of halogens is 4. The fraction of sp³-hybridized carbons (Fsp3) is 0.364. The van der Waals surface area contributed by atoms with Gasteiger partial charge in [-0.3, -0.25) is 0 Å². The van der Waals surface area contributed by atoms with Crippen LogP contribution in [0.25, 0.3) is 22.2 Å². The molecule has 0 spiro atoms. The Bertz CT molecular complexity index is 1210. The summed E-state index contributed by atoms with van der Waals surface area (Å²) in [5.41, 5.74) is 4.77. The molecule has 3 aromatic rings. The van der Waals surface area contributed by atoms with Crippen LogP contribution < -0.4 is 5.73 Å². The van der Waals surface area contributed by atoms with Gasteiger partial charge in [-0.15, -0.1) is 0 Å². The number of nitriles is 1. The first-order valence-corrected chi connectivity index (χ1v) is 10.2. The summed E-state index contributed by atoms with van der Waals surface area (Å²) in [6.45, 7) is 1.33. The summed E-state index contributed by atoms with van der Waals surface area (Å²) >= 11 is 6.48. The van der Waals surface area contributed by atoms with Crippen molar-refractivity contribution in [3.63, 3.8) is 0 Å². The molecule has 2 N–H and O–H groups in total. The quantitative estimate of drug-likeness (QED) is 0.524. The summed E-state index contributed by atoms with van der Waals surface area (Å²) in [6.07, 6.45) is 0.914. The molecule has 0 radical (unpaired) electrons. The predicted molar refractivity (Wildman–Crippen MR) is 112 cm³/mol. The van der Waals surface area contributed by atoms with Gasteiger partial charge in [0.05, 0.1) is 33.6 Å². The second kappa shape index (κ2) is 7.65. The van der Waals surface area contributed by atoms with Crippen molar-refractivity contribution in [2.24, 2.45) is 0 Å². The average Bonchev–Trinajstić information content (AvgIpc) is 2.71. The average molecular weight is 446 g/mol. The fourth-order valence-electron chi connectivity index (χ4n) is 4.45. The number of rotatable bonds is 2. The summed E-state index contributed by atoms with van der Waals surface area (Å²) < 4.78 is 41.4. The first-order valence-electron chi connectivity index (χ1n) is 9.87. The van der Waals surface area contributed by atoms with Crippen molar-refractivity contribution in [3.05, 3.63) is 46.4 Å². The minimum atomic E-state index is -4.64. The van der Waals surface area contributed by atoms with Gasteiger partial charge in [-0.1, -0.05) is 30.9 Å². The summed E-state index contributed by atoms with van der Waals surface area (Å²) in [5.74, 6) is -0.0364. The lowest BCUT2D eigenvalue weighted by Crippen LogP contribution is -2.28. The lowest BCUT2D eigenvalue weighted by Gasteiger charge is -2.30. The summed E-state index contributed by atoms with van der Waals surface area (Å²) in [6, 6.07) is 6.61. The van der Waals surface area contributed by atoms with Crippen molar-refractivity contribution in [1.29, 1.82) is 5.26 Å². The molecule has 1 aliphatic rings. The molecule has 160 valence electrons. The largest absolute Gasteiger partial charge is 0.418 e. The van der Waals surface area contributed by atoms with Gasteiger partial charge in [-0.05, 0) is 43.5 Å². The molecule has 0 atom stereocenters. The molecule has 1 saturated carbocycles. The van der Waals surface area contributed by atoms with Crippen molar-refractivity contribution in [3.8, 4) is 17.3 Å². The second-order valence-electron chi connectivity index (χ2n) is 7.91. The maximum Gasteiger partial charge on any atom is 0.418 e. The maximum atomic E-state index is 13.8. The Morgan fingerprint density at radius 3 is 2.48 bits per heavy atom. The molecule has 31 heavy (non-hydrogen) atoms. The molecule has 1 aromatic carbocycles. The Hall–Kier alpha value is -2.92. The van der Waals surface area contributed by atoms with E-state index in [-0.39, 0.29) is 27.7 Å². The Kier molecular flexibility index (Phi) is 5.26. The third-order valence-corrected chi connectivity index (χ3v) is 6.19. The number of pyridine rings is 1. The van der Waals surface area contributed by atoms with Crippen LogP contribution in [0, 0.1) is 18.3 Å². The SMILES string of the molecule is Cc1cc(N)nc(-c2cc3ncnc(C4(C#N)CCCCC4)c3cc2Cl)c1C(F)(F)F. The highest BCUT2D eigenvalue weighted by atomic mass is 35.5. The van der Waals surface area contributed by atoms with Gasteiger partial charge in [0.15, 0.2) is 0 Å². The minimum absolute atomic E-state index is 0.0364. The third-order valence-electron chi connectivity index (χ3n) is 5.87. The number of fused-ring (bicyclic) bond motifs is 1. The molecule has 1 fully saturated rings. The van der Waals surface area contributed by atoms with E-state index >= 15 is 0 Å². The lowest BCUT2D eigenvalue weighted by atomic mass is 9.72. The first kappa shape index (κ1) is 21.3. The number of nitrogen functional groups attached to an aromatic ring is 1. The van der Waals surface area contributed by atoms with E-state index in [4.69, 9.17) is 17.3 Å². The molecule has 1 aliphatic carbocycles. The molecule has 0 unspecified atom stereocenters. The summed E-state index contributed by atoms with van der Waals surface area (Å²) in [5, 5.41) is 10.6. The number of nitrogens with zero attached hydrogens (tertiary/aromatic N) is 4. The molecule has 0 aliphatic heterocycles. The van der Waals surface area contributed by atoms with Crippen LogP contribution in [0.3, 0.4) is 0 Å². The Morgan fingerprint density at radius 1 is 1.13 bits per heavy atom. The van der Waals surface area contributed by atoms with Crippen LogP contribution in [0.1, 0.15) is 48.9 Å². The highest BCUT2D eigenvalue weighted by molar-refractivity contribution is 6.34. The smallest absolute Gasteiger partial charge is 0.384 e. The van der Waals surface area contributed by atoms with Crippen LogP contribution in [0.5, 0.6) is 0 Å². The Labute approximate surface area is 182 Å². The summed E-state index contributed by atoms with van der Waals surface area (Å²) in [7, 11) is 0. The van der Waals surface area contributed by atoms with Crippen molar-refractivity contribution < 1.29 is 13.2 Å². The maximum absolute atomic E-state index is 13.8. The van der Waals surface area contributed by atoms with E-state index in [2.05, 4.69) is 21.0 Å². The number of hydrogen-bond acceptors (Lipinski definition) is 5. The molecule has 5 nitrogen and oxygen atoms in total. The topological polar surface area (TPSA) is 88.5 Å². The molecule has 4 rings (SSSR count). The molecule has 0 bridgehead atoms. The van der Waals surface area contributed by atoms with E-state index in [0.29, 0.717) is 29.4 Å². The summed E-state index contributed by atoms with van der Waals surface area (Å²) in [4.78, 5) is 12.6. The molecule has 2 heterocycles. The van der Waals surface area contributed by atoms with E-state index in [1.165, 1.54) is 31.5 Å². The Balaban J connectivity index is 1.97. The van der Waals surface area contributed by atoms with E-state index in [9.17, 15) is 18.4 Å². The monoisotopic (exact) mass is 445 g/mol. The molecule has 2 aromatic heterocycles. The molecule has 0 saturated heterocycles. The molecule has 0 amide bonds. The second-order valence-corrected chi connectivity index (χ2v) is 8.32. The van der Waals surface area contributed by atoms with E-state index < -0.39 is 17.2 Å². The number of anilines is 1. The standard InChI is InChI=1S/C22H19ClF3N5/c1-12-7-17(28)31-19(18(12)22(24,25)26)13-9-16-14(8-15(13)23)20(30-11-29-16)21(10-27)5-3-2-4-6-21/h7-9,11H,2-6H2,1H3,(H2,28,31). The number of benzene rings is 1. The van der Waals surface area contributed by atoms with Gasteiger partial charge in [-0.25, -0.2) is 15.0 Å². The van der Waals surface area contributed by atoms with Crippen LogP contribution in [-0.2, 0) is 11.6 Å². The van der Waals surface area contributed by atoms with Crippen molar-refractivity contribution in [1.82, 2.24) is 15.0 Å². The highest BCUT2D eigenvalue weighted by Crippen LogP contribution is 2.44. The van der Waals surface area contributed by atoms with Crippen LogP contribution in [-0.4, -0.2) is 15.0 Å². The highest BCUT2D eigenvalue weighted by Gasteiger charge is 2.39. The Morgan fingerprint density at radius 2 is 1.84 bits per heavy atom. The first-order chi connectivity index (χ1) is 14.7. The van der Waals surface area contributed by atoms with Crippen LogP contribution in [0.4, 0.5) is 19.0 Å². The van der Waals surface area contributed by atoms with Crippen LogP contribution in [0.2, 0.25) is 5.02 Å². The zero-order chi connectivity index (χ0) is 22.4. The van der Waals surface area contributed by atoms with Gasteiger partial charge >= 0.3 is 6.18 Å². The van der Waals surface area contributed by atoms with Gasteiger partial charge in [0, 0.05) is 10.9 Å². The van der Waals surface area contributed by atoms with E-state index in [1.54, 1.807) is 0 Å². The van der Waals surface area contributed by atoms with Gasteiger partial charge in [0.2, 0.25) is 0 Å². The van der Waals surface area contributed by atoms with Crippen molar-refractivity contribution in [2.75, 3.05) is 5.73 Å². The number of aromatic nitrogens is 3. The molecular weight excluding hydrogens is 427 g/mol. The fourth-order valence-corrected chi connectivity index (χ4v) is 4.70. The van der Waals surface area contributed by atoms with Crippen LogP contribution in [0.15, 0.2) is 24.5 Å². The van der Waals surface area contributed by atoms with Crippen molar-refractivity contribution >= 4 is 28.3 Å². The van der Waals surface area contributed by atoms with Gasteiger partial charge in [0.25, 0.3) is 0 Å². The van der Waals surface area contributed by atoms with E-state index in [0.717, 1.165) is 19.3 Å². The minimum Gasteiger partial charge on any atom is -0.384 e. The number of alkyl halides is 3. The predicted octanol–water partition coefficient (Wildman–Crippen LogP) is 5.98. The van der Waals surface area contributed by atoms with Crippen LogP contribution >= 0.6 is 11.6 Å². The molecule has 9 heteroatoms. The molecular formula is C22H19ClF3N5. The van der Waals surface area contributed by atoms with Gasteiger partial charge < -0.3 is 5.73 Å².